The van der Waals surface area contributed by atoms with Crippen LogP contribution < -0.4 is 5.73 Å². The summed E-state index contributed by atoms with van der Waals surface area (Å²) < 4.78 is 0. The first kappa shape index (κ1) is 15.4. The van der Waals surface area contributed by atoms with E-state index in [1.54, 1.807) is 18.7 Å². The molecule has 0 fully saturated rings. The van der Waals surface area contributed by atoms with Gasteiger partial charge in [-0.1, -0.05) is 11.8 Å². The van der Waals surface area contributed by atoms with E-state index in [1.807, 2.05) is 19.9 Å². The van der Waals surface area contributed by atoms with Gasteiger partial charge in [0.25, 0.3) is 0 Å². The molecule has 0 aromatic carbocycles. The lowest BCUT2D eigenvalue weighted by Gasteiger charge is -2.20. The molecule has 1 aromatic rings. The Morgan fingerprint density at radius 3 is 2.44 bits per heavy atom. The Morgan fingerprint density at radius 2 is 1.89 bits per heavy atom. The zero-order valence-electron chi connectivity index (χ0n) is 11.4. The van der Waals surface area contributed by atoms with Crippen LogP contribution in [0.1, 0.15) is 37.6 Å². The summed E-state index contributed by atoms with van der Waals surface area (Å²) in [4.78, 5) is 8.76. The van der Waals surface area contributed by atoms with E-state index in [-0.39, 0.29) is 0 Å². The van der Waals surface area contributed by atoms with E-state index in [2.05, 4.69) is 9.97 Å². The largest absolute Gasteiger partial charge is 0.389 e. The molecule has 102 valence electrons. The molecular weight excluding hydrogens is 246 g/mol. The third-order valence-corrected chi connectivity index (χ3v) is 3.68. The number of rotatable bonds is 7. The van der Waals surface area contributed by atoms with Crippen molar-refractivity contribution in [2.24, 2.45) is 5.73 Å². The second-order valence-electron chi connectivity index (χ2n) is 4.94. The molecule has 0 aliphatic carbocycles. The maximum Gasteiger partial charge on any atom is 0.187 e. The highest BCUT2D eigenvalue weighted by molar-refractivity contribution is 7.99. The van der Waals surface area contributed by atoms with Crippen LogP contribution in [0.5, 0.6) is 0 Å². The standard InChI is InChI=1S/C13H23N3OS/c1-10-8-11(2)16-12(15-10)18-7-5-4-6-13(3,17)9-14/h8,17H,4-7,9,14H2,1-3H3. The van der Waals surface area contributed by atoms with Gasteiger partial charge in [-0.3, -0.25) is 0 Å². The molecule has 5 heteroatoms. The minimum Gasteiger partial charge on any atom is -0.389 e. The van der Waals surface area contributed by atoms with Crippen LogP contribution in [0.25, 0.3) is 0 Å². The van der Waals surface area contributed by atoms with E-state index in [9.17, 15) is 5.11 Å². The minimum absolute atomic E-state index is 0.320. The maximum atomic E-state index is 9.76. The van der Waals surface area contributed by atoms with E-state index < -0.39 is 5.60 Å². The lowest BCUT2D eigenvalue weighted by Crippen LogP contribution is -2.33. The second-order valence-corrected chi connectivity index (χ2v) is 6.00. The molecule has 0 saturated carbocycles. The van der Waals surface area contributed by atoms with Crippen LogP contribution in [0.2, 0.25) is 0 Å². The zero-order valence-corrected chi connectivity index (χ0v) is 12.3. The van der Waals surface area contributed by atoms with Crippen molar-refractivity contribution in [1.29, 1.82) is 0 Å². The fraction of sp³-hybridized carbons (Fsp3) is 0.692. The normalized spacial score (nSPS) is 14.5. The first-order valence-electron chi connectivity index (χ1n) is 6.30. The number of hydrogen-bond acceptors (Lipinski definition) is 5. The molecule has 1 aromatic heterocycles. The Balaban J connectivity index is 2.26. The van der Waals surface area contributed by atoms with Crippen LogP contribution in [-0.4, -0.2) is 33.0 Å². The Morgan fingerprint density at radius 1 is 1.28 bits per heavy atom. The summed E-state index contributed by atoms with van der Waals surface area (Å²) in [6.45, 7) is 6.07. The molecule has 0 aliphatic heterocycles. The highest BCUT2D eigenvalue weighted by Crippen LogP contribution is 2.18. The molecule has 0 aliphatic rings. The molecular formula is C13H23N3OS. The molecule has 0 amide bonds. The van der Waals surface area contributed by atoms with Crippen molar-refractivity contribution < 1.29 is 5.11 Å². The number of aromatic nitrogens is 2. The molecule has 1 rings (SSSR count). The number of hydrogen-bond donors (Lipinski definition) is 2. The van der Waals surface area contributed by atoms with Gasteiger partial charge in [-0.25, -0.2) is 9.97 Å². The fourth-order valence-electron chi connectivity index (χ4n) is 1.63. The average Bonchev–Trinajstić information content (AvgIpc) is 2.27. The predicted octanol–water partition coefficient (Wildman–Crippen LogP) is 2.07. The second kappa shape index (κ2) is 7.07. The molecule has 3 N–H and O–H groups in total. The summed E-state index contributed by atoms with van der Waals surface area (Å²) in [7, 11) is 0. The van der Waals surface area contributed by atoms with Crippen molar-refractivity contribution in [2.45, 2.75) is 50.8 Å². The lowest BCUT2D eigenvalue weighted by molar-refractivity contribution is 0.0577. The Bertz CT molecular complexity index is 362. The summed E-state index contributed by atoms with van der Waals surface area (Å²) in [6.07, 6.45) is 2.76. The Hall–Kier alpha value is -0.650. The van der Waals surface area contributed by atoms with Crippen molar-refractivity contribution in [3.8, 4) is 0 Å². The fourth-order valence-corrected chi connectivity index (χ4v) is 2.58. The average molecular weight is 269 g/mol. The lowest BCUT2D eigenvalue weighted by atomic mass is 10.00. The first-order valence-corrected chi connectivity index (χ1v) is 7.29. The van der Waals surface area contributed by atoms with Crippen molar-refractivity contribution >= 4 is 11.8 Å². The van der Waals surface area contributed by atoms with Gasteiger partial charge < -0.3 is 10.8 Å². The van der Waals surface area contributed by atoms with Crippen molar-refractivity contribution in [2.75, 3.05) is 12.3 Å². The van der Waals surface area contributed by atoms with Gasteiger partial charge in [0.05, 0.1) is 5.60 Å². The van der Waals surface area contributed by atoms with E-state index in [4.69, 9.17) is 5.73 Å². The smallest absolute Gasteiger partial charge is 0.187 e. The summed E-state index contributed by atoms with van der Waals surface area (Å²) >= 11 is 1.67. The van der Waals surface area contributed by atoms with E-state index >= 15 is 0 Å². The van der Waals surface area contributed by atoms with Crippen LogP contribution in [0.15, 0.2) is 11.2 Å². The highest BCUT2D eigenvalue weighted by Gasteiger charge is 2.16. The maximum absolute atomic E-state index is 9.76. The number of aryl methyl sites for hydroxylation is 2. The van der Waals surface area contributed by atoms with E-state index in [0.717, 1.165) is 41.6 Å². The molecule has 0 radical (unpaired) electrons. The SMILES string of the molecule is Cc1cc(C)nc(SCCCCC(C)(O)CN)n1. The molecule has 1 heterocycles. The molecule has 0 spiro atoms. The van der Waals surface area contributed by atoms with Gasteiger partial charge in [0.2, 0.25) is 0 Å². The van der Waals surface area contributed by atoms with E-state index in [1.165, 1.54) is 0 Å². The summed E-state index contributed by atoms with van der Waals surface area (Å²) in [5.74, 6) is 0.976. The molecule has 1 atom stereocenters. The molecule has 18 heavy (non-hydrogen) atoms. The first-order chi connectivity index (χ1) is 8.43. The van der Waals surface area contributed by atoms with Crippen molar-refractivity contribution in [3.05, 3.63) is 17.5 Å². The molecule has 0 saturated heterocycles. The van der Waals surface area contributed by atoms with Crippen LogP contribution >= 0.6 is 11.8 Å². The number of unbranched alkanes of at least 4 members (excludes halogenated alkanes) is 1. The molecule has 0 bridgehead atoms. The van der Waals surface area contributed by atoms with Gasteiger partial charge in [-0.2, -0.15) is 0 Å². The zero-order chi connectivity index (χ0) is 13.6. The van der Waals surface area contributed by atoms with Gasteiger partial charge in [0.15, 0.2) is 5.16 Å². The number of thioether (sulfide) groups is 1. The predicted molar refractivity (Wildman–Crippen MR) is 75.8 cm³/mol. The molecule has 1 unspecified atom stereocenters. The van der Waals surface area contributed by atoms with Crippen LogP contribution in [0.4, 0.5) is 0 Å². The van der Waals surface area contributed by atoms with Gasteiger partial charge in [-0.15, -0.1) is 0 Å². The monoisotopic (exact) mass is 269 g/mol. The van der Waals surface area contributed by atoms with E-state index in [0.29, 0.717) is 6.54 Å². The Labute approximate surface area is 113 Å². The van der Waals surface area contributed by atoms with Crippen LogP contribution in [0, 0.1) is 13.8 Å². The quantitative estimate of drug-likeness (QED) is 0.450. The topological polar surface area (TPSA) is 72.0 Å². The third kappa shape index (κ3) is 5.80. The number of nitrogens with two attached hydrogens (primary N) is 1. The van der Waals surface area contributed by atoms with Gasteiger partial charge >= 0.3 is 0 Å². The van der Waals surface area contributed by atoms with Crippen molar-refractivity contribution in [3.63, 3.8) is 0 Å². The summed E-state index contributed by atoms with van der Waals surface area (Å²) in [6, 6.07) is 1.97. The summed E-state index contributed by atoms with van der Waals surface area (Å²) in [5, 5.41) is 10.6. The van der Waals surface area contributed by atoms with Crippen molar-refractivity contribution in [1.82, 2.24) is 9.97 Å². The van der Waals surface area contributed by atoms with Crippen LogP contribution in [0.3, 0.4) is 0 Å². The third-order valence-electron chi connectivity index (χ3n) is 2.74. The minimum atomic E-state index is -0.721. The van der Waals surface area contributed by atoms with Gasteiger partial charge in [0, 0.05) is 23.7 Å². The highest BCUT2D eigenvalue weighted by atomic mass is 32.2. The Kier molecular flexibility index (Phi) is 6.05. The number of nitrogens with zero attached hydrogens (tertiary/aromatic N) is 2. The van der Waals surface area contributed by atoms with Crippen LogP contribution in [-0.2, 0) is 0 Å². The number of aliphatic hydroxyl groups is 1. The summed E-state index contributed by atoms with van der Waals surface area (Å²) in [5.41, 5.74) is 6.77. The van der Waals surface area contributed by atoms with Gasteiger partial charge in [0.1, 0.15) is 0 Å². The van der Waals surface area contributed by atoms with Gasteiger partial charge in [-0.05, 0) is 46.1 Å². The molecule has 4 nitrogen and oxygen atoms in total.